The number of pyridine rings is 1. The van der Waals surface area contributed by atoms with E-state index in [9.17, 15) is 0 Å². The highest BCUT2D eigenvalue weighted by Gasteiger charge is 2.10. The molecule has 0 aliphatic carbocycles. The number of benzene rings is 1. The zero-order valence-electron chi connectivity index (χ0n) is 9.55. The molecule has 0 saturated carbocycles. The molecule has 0 fully saturated rings. The van der Waals surface area contributed by atoms with E-state index in [0.29, 0.717) is 17.1 Å². The van der Waals surface area contributed by atoms with Gasteiger partial charge in [-0.15, -0.1) is 0 Å². The van der Waals surface area contributed by atoms with Crippen LogP contribution in [0.5, 0.6) is 11.5 Å². The van der Waals surface area contributed by atoms with Crippen molar-refractivity contribution in [1.29, 1.82) is 0 Å². The first-order valence-corrected chi connectivity index (χ1v) is 6.74. The summed E-state index contributed by atoms with van der Waals surface area (Å²) in [6, 6.07) is 6.97. The molecule has 1 heterocycles. The Morgan fingerprint density at radius 2 is 2.00 bits per heavy atom. The molecule has 1 aromatic heterocycles. The van der Waals surface area contributed by atoms with Crippen LogP contribution in [0.2, 0.25) is 0 Å². The molecule has 19 heavy (non-hydrogen) atoms. The van der Waals surface area contributed by atoms with Crippen LogP contribution in [-0.2, 0) is 0 Å². The summed E-state index contributed by atoms with van der Waals surface area (Å²) in [5, 5.41) is 11.8. The largest absolute Gasteiger partial charge is 0.455 e. The van der Waals surface area contributed by atoms with Crippen LogP contribution in [0.3, 0.4) is 0 Å². The summed E-state index contributed by atoms with van der Waals surface area (Å²) in [5.41, 5.74) is 6.10. The van der Waals surface area contributed by atoms with Crippen LogP contribution in [0.25, 0.3) is 0 Å². The van der Waals surface area contributed by atoms with E-state index in [-0.39, 0.29) is 5.84 Å². The van der Waals surface area contributed by atoms with Gasteiger partial charge in [0.2, 0.25) is 0 Å². The van der Waals surface area contributed by atoms with E-state index in [4.69, 9.17) is 15.7 Å². The molecular weight excluding hydrogens is 378 g/mol. The number of nitrogens with two attached hydrogens (primary N) is 1. The molecule has 0 atom stereocenters. The number of rotatable bonds is 3. The maximum absolute atomic E-state index is 8.77. The number of oxime groups is 1. The third-order valence-corrected chi connectivity index (χ3v) is 3.16. The molecule has 7 heteroatoms. The van der Waals surface area contributed by atoms with Crippen molar-refractivity contribution in [1.82, 2.24) is 4.98 Å². The molecule has 5 nitrogen and oxygen atoms in total. The van der Waals surface area contributed by atoms with Gasteiger partial charge in [-0.05, 0) is 40.2 Å². The van der Waals surface area contributed by atoms with Crippen molar-refractivity contribution in [3.05, 3.63) is 51.2 Å². The van der Waals surface area contributed by atoms with Gasteiger partial charge in [0.25, 0.3) is 0 Å². The molecule has 1 aromatic carbocycles. The van der Waals surface area contributed by atoms with Gasteiger partial charge < -0.3 is 15.7 Å². The van der Waals surface area contributed by atoms with Gasteiger partial charge in [-0.3, -0.25) is 4.98 Å². The van der Waals surface area contributed by atoms with E-state index in [0.717, 1.165) is 8.95 Å². The molecule has 2 aromatic rings. The summed E-state index contributed by atoms with van der Waals surface area (Å²) in [6.07, 6.45) is 3.22. The minimum absolute atomic E-state index is 0.0227. The van der Waals surface area contributed by atoms with E-state index >= 15 is 0 Å². The number of aromatic nitrogens is 1. The lowest BCUT2D eigenvalue weighted by Gasteiger charge is -2.10. The van der Waals surface area contributed by atoms with Crippen molar-refractivity contribution in [3.8, 4) is 11.5 Å². The van der Waals surface area contributed by atoms with Gasteiger partial charge in [-0.2, -0.15) is 0 Å². The van der Waals surface area contributed by atoms with Crippen molar-refractivity contribution in [2.75, 3.05) is 0 Å². The third kappa shape index (κ3) is 3.45. The molecule has 0 radical (unpaired) electrons. The highest BCUT2D eigenvalue weighted by molar-refractivity contribution is 9.10. The lowest BCUT2D eigenvalue weighted by molar-refractivity contribution is 0.318. The van der Waals surface area contributed by atoms with E-state index < -0.39 is 0 Å². The Bertz CT molecular complexity index is 632. The molecule has 3 N–H and O–H groups in total. The first-order valence-electron chi connectivity index (χ1n) is 5.16. The van der Waals surface area contributed by atoms with Gasteiger partial charge in [-0.1, -0.05) is 21.1 Å². The number of amidine groups is 1. The van der Waals surface area contributed by atoms with Crippen LogP contribution in [-0.4, -0.2) is 16.0 Å². The van der Waals surface area contributed by atoms with Crippen LogP contribution in [0.15, 0.2) is 50.8 Å². The zero-order chi connectivity index (χ0) is 13.8. The third-order valence-electron chi connectivity index (χ3n) is 2.23. The fraction of sp³-hybridized carbons (Fsp3) is 0. The van der Waals surface area contributed by atoms with E-state index in [1.165, 1.54) is 0 Å². The predicted octanol–water partition coefficient (Wildman–Crippen LogP) is 3.49. The number of hydrogen-bond donors (Lipinski definition) is 2. The lowest BCUT2D eigenvalue weighted by Crippen LogP contribution is -2.14. The fourth-order valence-corrected chi connectivity index (χ4v) is 2.11. The molecule has 0 aliphatic rings. The standard InChI is InChI=1S/C12H9Br2N3O2/c13-7-1-2-10(12(15)17-18)11(4-7)19-9-3-8(14)5-16-6-9/h1-6,18H,(H2,15,17). The number of ether oxygens (including phenoxy) is 1. The van der Waals surface area contributed by atoms with Crippen molar-refractivity contribution in [2.24, 2.45) is 10.9 Å². The second-order valence-electron chi connectivity index (χ2n) is 3.57. The Balaban J connectivity index is 2.41. The quantitative estimate of drug-likeness (QED) is 0.366. The van der Waals surface area contributed by atoms with Crippen molar-refractivity contribution >= 4 is 37.7 Å². The Morgan fingerprint density at radius 1 is 1.21 bits per heavy atom. The molecule has 0 aliphatic heterocycles. The maximum Gasteiger partial charge on any atom is 0.173 e. The average molecular weight is 387 g/mol. The fourth-order valence-electron chi connectivity index (χ4n) is 1.42. The van der Waals surface area contributed by atoms with Crippen LogP contribution in [0.1, 0.15) is 5.56 Å². The van der Waals surface area contributed by atoms with Crippen LogP contribution in [0, 0.1) is 0 Å². The topological polar surface area (TPSA) is 80.7 Å². The smallest absolute Gasteiger partial charge is 0.173 e. The van der Waals surface area contributed by atoms with Gasteiger partial charge in [0.05, 0.1) is 11.8 Å². The van der Waals surface area contributed by atoms with Gasteiger partial charge in [-0.25, -0.2) is 0 Å². The number of halogens is 2. The summed E-state index contributed by atoms with van der Waals surface area (Å²) in [6.45, 7) is 0. The van der Waals surface area contributed by atoms with E-state index in [2.05, 4.69) is 42.0 Å². The SMILES string of the molecule is N/C(=N/O)c1ccc(Br)cc1Oc1cncc(Br)c1. The second-order valence-corrected chi connectivity index (χ2v) is 5.40. The van der Waals surface area contributed by atoms with Crippen LogP contribution in [0.4, 0.5) is 0 Å². The Morgan fingerprint density at radius 3 is 2.68 bits per heavy atom. The van der Waals surface area contributed by atoms with Gasteiger partial charge in [0, 0.05) is 15.1 Å². The van der Waals surface area contributed by atoms with E-state index in [1.54, 1.807) is 36.7 Å². The first kappa shape index (κ1) is 13.8. The molecule has 0 unspecified atom stereocenters. The molecule has 0 spiro atoms. The summed E-state index contributed by atoms with van der Waals surface area (Å²) in [4.78, 5) is 4.00. The normalized spacial score (nSPS) is 11.4. The number of nitrogens with zero attached hydrogens (tertiary/aromatic N) is 2. The van der Waals surface area contributed by atoms with E-state index in [1.807, 2.05) is 0 Å². The van der Waals surface area contributed by atoms with Crippen molar-refractivity contribution in [2.45, 2.75) is 0 Å². The monoisotopic (exact) mass is 385 g/mol. The minimum Gasteiger partial charge on any atom is -0.455 e. The average Bonchev–Trinajstić information content (AvgIpc) is 2.38. The maximum atomic E-state index is 8.77. The summed E-state index contributed by atoms with van der Waals surface area (Å²) >= 11 is 6.66. The second kappa shape index (κ2) is 6.03. The molecule has 98 valence electrons. The minimum atomic E-state index is -0.0227. The summed E-state index contributed by atoms with van der Waals surface area (Å²) in [7, 11) is 0. The van der Waals surface area contributed by atoms with Gasteiger partial charge >= 0.3 is 0 Å². The van der Waals surface area contributed by atoms with Crippen molar-refractivity contribution < 1.29 is 9.94 Å². The van der Waals surface area contributed by atoms with Crippen molar-refractivity contribution in [3.63, 3.8) is 0 Å². The Labute approximate surface area is 126 Å². The highest BCUT2D eigenvalue weighted by atomic mass is 79.9. The Hall–Kier alpha value is -1.60. The van der Waals surface area contributed by atoms with Crippen LogP contribution < -0.4 is 10.5 Å². The number of hydrogen-bond acceptors (Lipinski definition) is 4. The summed E-state index contributed by atoms with van der Waals surface area (Å²) in [5.74, 6) is 0.981. The highest BCUT2D eigenvalue weighted by Crippen LogP contribution is 2.29. The van der Waals surface area contributed by atoms with Crippen LogP contribution >= 0.6 is 31.9 Å². The zero-order valence-corrected chi connectivity index (χ0v) is 12.7. The van der Waals surface area contributed by atoms with Gasteiger partial charge in [0.15, 0.2) is 5.84 Å². The predicted molar refractivity (Wildman–Crippen MR) is 78.7 cm³/mol. The Kier molecular flexibility index (Phi) is 4.39. The molecule has 0 amide bonds. The lowest BCUT2D eigenvalue weighted by atomic mass is 10.2. The molecule has 0 saturated heterocycles. The molecule has 2 rings (SSSR count). The first-order chi connectivity index (χ1) is 9.10. The molecule has 0 bridgehead atoms. The molecular formula is C12H9Br2N3O2. The summed E-state index contributed by atoms with van der Waals surface area (Å²) < 4.78 is 7.32. The van der Waals surface area contributed by atoms with Gasteiger partial charge in [0.1, 0.15) is 11.5 Å².